The highest BCUT2D eigenvalue weighted by Crippen LogP contribution is 2.17. The third-order valence-corrected chi connectivity index (χ3v) is 5.85. The lowest BCUT2D eigenvalue weighted by atomic mass is 10.2. The zero-order valence-corrected chi connectivity index (χ0v) is 16.6. The largest absolute Gasteiger partial charge is 0.484 e. The van der Waals surface area contributed by atoms with Crippen LogP contribution in [0.5, 0.6) is 5.75 Å². The normalized spacial score (nSPS) is 16.7. The van der Waals surface area contributed by atoms with Crippen LogP contribution in [-0.2, 0) is 19.6 Å². The summed E-state index contributed by atoms with van der Waals surface area (Å²) in [4.78, 5) is 12.1. The van der Waals surface area contributed by atoms with Crippen LogP contribution in [-0.4, -0.2) is 40.2 Å². The average Bonchev–Trinajstić information content (AvgIpc) is 3.20. The van der Waals surface area contributed by atoms with Crippen LogP contribution in [0.3, 0.4) is 0 Å². The van der Waals surface area contributed by atoms with E-state index in [1.165, 1.54) is 24.3 Å². The number of amides is 1. The Kier molecular flexibility index (Phi) is 6.90. The minimum absolute atomic E-state index is 0.0750. The van der Waals surface area contributed by atoms with Crippen LogP contribution in [0, 0.1) is 0 Å². The zero-order valence-electron chi connectivity index (χ0n) is 15.1. The van der Waals surface area contributed by atoms with Gasteiger partial charge in [0.2, 0.25) is 10.0 Å². The maximum atomic E-state index is 12.3. The summed E-state index contributed by atoms with van der Waals surface area (Å²) in [6, 6.07) is 12.6. The molecule has 1 saturated heterocycles. The summed E-state index contributed by atoms with van der Waals surface area (Å²) < 4.78 is 38.0. The van der Waals surface area contributed by atoms with E-state index in [1.807, 2.05) is 0 Å². The van der Waals surface area contributed by atoms with Gasteiger partial charge in [0.1, 0.15) is 5.75 Å². The number of nitrogens with one attached hydrogen (secondary N) is 2. The molecule has 0 aromatic heterocycles. The Morgan fingerprint density at radius 3 is 2.50 bits per heavy atom. The number of halogens is 1. The molecular formula is C19H21ClN2O5S. The van der Waals surface area contributed by atoms with E-state index >= 15 is 0 Å². The molecule has 0 aliphatic carbocycles. The number of rotatable bonds is 8. The van der Waals surface area contributed by atoms with E-state index in [0.29, 0.717) is 23.1 Å². The monoisotopic (exact) mass is 424 g/mol. The predicted octanol–water partition coefficient (Wildman–Crippen LogP) is 2.81. The van der Waals surface area contributed by atoms with Crippen LogP contribution in [0.2, 0.25) is 5.02 Å². The fourth-order valence-electron chi connectivity index (χ4n) is 2.69. The average molecular weight is 425 g/mol. The van der Waals surface area contributed by atoms with E-state index in [-0.39, 0.29) is 30.1 Å². The molecule has 1 amide bonds. The molecule has 2 aromatic carbocycles. The van der Waals surface area contributed by atoms with Gasteiger partial charge in [0, 0.05) is 23.9 Å². The molecular weight excluding hydrogens is 404 g/mol. The molecule has 1 fully saturated rings. The molecule has 1 heterocycles. The summed E-state index contributed by atoms with van der Waals surface area (Å²) in [7, 11) is -3.62. The van der Waals surface area contributed by atoms with E-state index < -0.39 is 10.0 Å². The summed E-state index contributed by atoms with van der Waals surface area (Å²) in [6.07, 6.45) is 1.72. The number of benzene rings is 2. The van der Waals surface area contributed by atoms with Crippen LogP contribution in [0.4, 0.5) is 5.69 Å². The van der Waals surface area contributed by atoms with Crippen molar-refractivity contribution in [2.45, 2.75) is 23.8 Å². The van der Waals surface area contributed by atoms with Gasteiger partial charge in [-0.25, -0.2) is 13.1 Å². The van der Waals surface area contributed by atoms with Crippen molar-refractivity contribution in [1.29, 1.82) is 0 Å². The van der Waals surface area contributed by atoms with Crippen LogP contribution < -0.4 is 14.8 Å². The van der Waals surface area contributed by atoms with Crippen LogP contribution in [0.25, 0.3) is 0 Å². The molecule has 0 bridgehead atoms. The second-order valence-corrected chi connectivity index (χ2v) is 8.51. The maximum absolute atomic E-state index is 12.3. The highest BCUT2D eigenvalue weighted by molar-refractivity contribution is 7.89. The first-order valence-electron chi connectivity index (χ1n) is 8.82. The lowest BCUT2D eigenvalue weighted by molar-refractivity contribution is -0.118. The molecule has 2 aromatic rings. The van der Waals surface area contributed by atoms with Gasteiger partial charge < -0.3 is 14.8 Å². The van der Waals surface area contributed by atoms with Crippen molar-refractivity contribution in [3.05, 3.63) is 53.6 Å². The summed E-state index contributed by atoms with van der Waals surface area (Å²) >= 11 is 5.79. The van der Waals surface area contributed by atoms with Crippen molar-refractivity contribution in [1.82, 2.24) is 4.72 Å². The second-order valence-electron chi connectivity index (χ2n) is 6.30. The highest BCUT2D eigenvalue weighted by atomic mass is 35.5. The van der Waals surface area contributed by atoms with Crippen molar-refractivity contribution in [3.8, 4) is 5.75 Å². The first kappa shape index (κ1) is 20.6. The Morgan fingerprint density at radius 2 is 1.86 bits per heavy atom. The topological polar surface area (TPSA) is 93.7 Å². The molecule has 1 unspecified atom stereocenters. The molecule has 0 saturated carbocycles. The molecule has 1 aliphatic rings. The molecule has 150 valence electrons. The van der Waals surface area contributed by atoms with Crippen LogP contribution in [0.15, 0.2) is 53.4 Å². The number of sulfonamides is 1. The van der Waals surface area contributed by atoms with Crippen molar-refractivity contribution in [2.75, 3.05) is 25.1 Å². The predicted molar refractivity (Wildman–Crippen MR) is 106 cm³/mol. The lowest BCUT2D eigenvalue weighted by Gasteiger charge is -2.12. The summed E-state index contributed by atoms with van der Waals surface area (Å²) in [6.45, 7) is 0.746. The van der Waals surface area contributed by atoms with Gasteiger partial charge >= 0.3 is 0 Å². The number of hydrogen-bond donors (Lipinski definition) is 2. The van der Waals surface area contributed by atoms with Gasteiger partial charge in [-0.05, 0) is 61.4 Å². The van der Waals surface area contributed by atoms with Crippen molar-refractivity contribution < 1.29 is 22.7 Å². The Bertz CT molecular complexity index is 895. The van der Waals surface area contributed by atoms with Crippen LogP contribution >= 0.6 is 11.6 Å². The second kappa shape index (κ2) is 9.38. The minimum Gasteiger partial charge on any atom is -0.484 e. The van der Waals surface area contributed by atoms with Gasteiger partial charge in [-0.3, -0.25) is 4.79 Å². The fourth-order valence-corrected chi connectivity index (χ4v) is 3.88. The Balaban J connectivity index is 1.50. The third-order valence-electron chi connectivity index (χ3n) is 4.16. The summed E-state index contributed by atoms with van der Waals surface area (Å²) in [5.41, 5.74) is 0.475. The third kappa shape index (κ3) is 5.93. The van der Waals surface area contributed by atoms with Gasteiger partial charge in [0.25, 0.3) is 5.91 Å². The van der Waals surface area contributed by atoms with E-state index in [9.17, 15) is 13.2 Å². The van der Waals surface area contributed by atoms with Crippen molar-refractivity contribution in [3.63, 3.8) is 0 Å². The highest BCUT2D eigenvalue weighted by Gasteiger charge is 2.20. The van der Waals surface area contributed by atoms with Gasteiger partial charge in [-0.2, -0.15) is 0 Å². The number of carbonyl (C=O) groups is 1. The molecule has 1 aliphatic heterocycles. The molecule has 7 nitrogen and oxygen atoms in total. The Labute approximate surface area is 169 Å². The molecule has 3 rings (SSSR count). The number of carbonyl (C=O) groups excluding carboxylic acids is 1. The Morgan fingerprint density at radius 1 is 1.14 bits per heavy atom. The summed E-state index contributed by atoms with van der Waals surface area (Å²) in [5.74, 6) is 0.167. The van der Waals surface area contributed by atoms with Crippen LogP contribution in [0.1, 0.15) is 12.8 Å². The SMILES string of the molecule is O=C(COc1ccc(Cl)cc1)Nc1ccc(S(=O)(=O)NCC2CCCO2)cc1. The van der Waals surface area contributed by atoms with Gasteiger partial charge in [0.05, 0.1) is 11.0 Å². The van der Waals surface area contributed by atoms with Gasteiger partial charge in [-0.1, -0.05) is 11.6 Å². The first-order chi connectivity index (χ1) is 13.4. The fraction of sp³-hybridized carbons (Fsp3) is 0.316. The number of anilines is 1. The van der Waals surface area contributed by atoms with E-state index in [0.717, 1.165) is 12.8 Å². The van der Waals surface area contributed by atoms with Gasteiger partial charge in [-0.15, -0.1) is 0 Å². The standard InChI is InChI=1S/C19H21ClN2O5S/c20-14-3-7-16(8-4-14)27-13-19(23)22-15-5-9-18(10-6-15)28(24,25)21-12-17-2-1-11-26-17/h3-10,17,21H,1-2,11-13H2,(H,22,23). The molecule has 1 atom stereocenters. The molecule has 9 heteroatoms. The lowest BCUT2D eigenvalue weighted by Crippen LogP contribution is -2.31. The van der Waals surface area contributed by atoms with E-state index in [2.05, 4.69) is 10.0 Å². The van der Waals surface area contributed by atoms with E-state index in [1.54, 1.807) is 24.3 Å². The first-order valence-corrected chi connectivity index (χ1v) is 10.7. The summed E-state index contributed by atoms with van der Waals surface area (Å²) in [5, 5.41) is 3.23. The quantitative estimate of drug-likeness (QED) is 0.679. The zero-order chi connectivity index (χ0) is 20.0. The smallest absolute Gasteiger partial charge is 0.262 e. The van der Waals surface area contributed by atoms with Gasteiger partial charge in [0.15, 0.2) is 6.61 Å². The minimum atomic E-state index is -3.62. The molecule has 0 spiro atoms. The molecule has 2 N–H and O–H groups in total. The molecule has 0 radical (unpaired) electrons. The van der Waals surface area contributed by atoms with Crippen molar-refractivity contribution >= 4 is 33.2 Å². The maximum Gasteiger partial charge on any atom is 0.262 e. The Hall–Kier alpha value is -2.13. The number of hydrogen-bond acceptors (Lipinski definition) is 5. The van der Waals surface area contributed by atoms with E-state index in [4.69, 9.17) is 21.1 Å². The number of ether oxygens (including phenoxy) is 2. The van der Waals surface area contributed by atoms with Crippen molar-refractivity contribution in [2.24, 2.45) is 0 Å². The molecule has 28 heavy (non-hydrogen) atoms.